The molecule has 0 aromatic heterocycles. The Morgan fingerprint density at radius 1 is 1.00 bits per heavy atom. The molecule has 1 N–H and O–H groups in total. The van der Waals surface area contributed by atoms with Gasteiger partial charge in [-0.25, -0.2) is 0 Å². The van der Waals surface area contributed by atoms with E-state index in [9.17, 15) is 14.7 Å². The Hall–Kier alpha value is -2.42. The molecule has 2 aromatic rings. The van der Waals surface area contributed by atoms with Crippen molar-refractivity contribution >= 4 is 11.8 Å². The highest BCUT2D eigenvalue weighted by Crippen LogP contribution is 2.34. The molecule has 2 aromatic carbocycles. The second-order valence-corrected chi connectivity index (χ2v) is 5.35. The fraction of sp³-hybridized carbons (Fsp3) is 0.222. The third-order valence-electron chi connectivity index (χ3n) is 4.09. The first-order valence-electron chi connectivity index (χ1n) is 7.13. The van der Waals surface area contributed by atoms with E-state index in [1.807, 2.05) is 24.3 Å². The molecule has 21 heavy (non-hydrogen) atoms. The maximum absolute atomic E-state index is 12.6. The molecule has 0 radical (unpaired) electrons. The van der Waals surface area contributed by atoms with Gasteiger partial charge in [0.15, 0.2) is 5.78 Å². The number of aliphatic carboxylic acids is 1. The number of carboxylic acid groups (broad SMARTS) is 1. The quantitative estimate of drug-likeness (QED) is 0.876. The Morgan fingerprint density at radius 2 is 1.76 bits per heavy atom. The largest absolute Gasteiger partial charge is 0.481 e. The summed E-state index contributed by atoms with van der Waals surface area (Å²) in [5.41, 5.74) is 2.99. The van der Waals surface area contributed by atoms with Crippen LogP contribution in [0.3, 0.4) is 0 Å². The number of carboxylic acids is 1. The van der Waals surface area contributed by atoms with Crippen LogP contribution in [0.5, 0.6) is 0 Å². The lowest BCUT2D eigenvalue weighted by atomic mass is 9.79. The summed E-state index contributed by atoms with van der Waals surface area (Å²) < 4.78 is 0. The number of rotatable bonds is 3. The second-order valence-electron chi connectivity index (χ2n) is 5.35. The Bertz CT molecular complexity index is 689. The third kappa shape index (κ3) is 2.47. The average Bonchev–Trinajstić information content (AvgIpc) is 2.53. The fourth-order valence-corrected chi connectivity index (χ4v) is 3.06. The van der Waals surface area contributed by atoms with Crippen LogP contribution >= 0.6 is 0 Å². The summed E-state index contributed by atoms with van der Waals surface area (Å²) in [6.07, 6.45) is 2.22. The molecule has 1 atom stereocenters. The maximum atomic E-state index is 12.6. The Balaban J connectivity index is 2.07. The van der Waals surface area contributed by atoms with Gasteiger partial charge in [-0.05, 0) is 30.4 Å². The van der Waals surface area contributed by atoms with Gasteiger partial charge < -0.3 is 5.11 Å². The van der Waals surface area contributed by atoms with Gasteiger partial charge in [-0.2, -0.15) is 0 Å². The number of carbonyl (C=O) groups excluding carboxylic acids is 1. The van der Waals surface area contributed by atoms with Crippen LogP contribution in [0, 0.1) is 0 Å². The highest BCUT2D eigenvalue weighted by molar-refractivity contribution is 6.10. The molecular weight excluding hydrogens is 264 g/mol. The number of hydrogen-bond acceptors (Lipinski definition) is 2. The van der Waals surface area contributed by atoms with Crippen molar-refractivity contribution in [3.8, 4) is 0 Å². The predicted molar refractivity (Wildman–Crippen MR) is 79.6 cm³/mol. The van der Waals surface area contributed by atoms with E-state index in [-0.39, 0.29) is 5.78 Å². The second kappa shape index (κ2) is 5.52. The summed E-state index contributed by atoms with van der Waals surface area (Å²) >= 11 is 0. The number of carbonyl (C=O) groups is 2. The van der Waals surface area contributed by atoms with E-state index < -0.39 is 11.9 Å². The normalized spacial score (nSPS) is 17.0. The number of hydrogen-bond donors (Lipinski definition) is 1. The molecule has 0 bridgehead atoms. The highest BCUT2D eigenvalue weighted by Gasteiger charge is 2.28. The van der Waals surface area contributed by atoms with Gasteiger partial charge in [-0.15, -0.1) is 0 Å². The molecule has 1 aliphatic carbocycles. The first-order valence-corrected chi connectivity index (χ1v) is 7.13. The van der Waals surface area contributed by atoms with Crippen LogP contribution in [-0.2, 0) is 11.2 Å². The van der Waals surface area contributed by atoms with Gasteiger partial charge in [0.1, 0.15) is 0 Å². The number of fused-ring (bicyclic) bond motifs is 1. The zero-order valence-electron chi connectivity index (χ0n) is 11.6. The van der Waals surface area contributed by atoms with Gasteiger partial charge in [0.25, 0.3) is 0 Å². The standard InChI is InChI=1S/C18H16O3/c19-17(12-6-2-1-3-7-12)15-10-4-9-14-13(15)8-5-11-16(14)18(20)21/h1-4,6-7,9-10,16H,5,8,11H2,(H,20,21). The van der Waals surface area contributed by atoms with Crippen LogP contribution in [0.15, 0.2) is 48.5 Å². The van der Waals surface area contributed by atoms with Crippen molar-refractivity contribution in [3.63, 3.8) is 0 Å². The molecule has 0 saturated carbocycles. The van der Waals surface area contributed by atoms with Gasteiger partial charge in [0.05, 0.1) is 5.92 Å². The van der Waals surface area contributed by atoms with Crippen molar-refractivity contribution in [2.75, 3.05) is 0 Å². The molecule has 3 rings (SSSR count). The van der Waals surface area contributed by atoms with Crippen molar-refractivity contribution in [1.82, 2.24) is 0 Å². The Morgan fingerprint density at radius 3 is 2.48 bits per heavy atom. The maximum Gasteiger partial charge on any atom is 0.310 e. The average molecular weight is 280 g/mol. The highest BCUT2D eigenvalue weighted by atomic mass is 16.4. The van der Waals surface area contributed by atoms with E-state index in [0.29, 0.717) is 17.5 Å². The van der Waals surface area contributed by atoms with E-state index in [1.54, 1.807) is 24.3 Å². The lowest BCUT2D eigenvalue weighted by molar-refractivity contribution is -0.139. The molecule has 0 amide bonds. The van der Waals surface area contributed by atoms with Crippen LogP contribution in [0.2, 0.25) is 0 Å². The van der Waals surface area contributed by atoms with E-state index in [0.717, 1.165) is 24.0 Å². The lowest BCUT2D eigenvalue weighted by Crippen LogP contribution is -2.20. The molecule has 0 heterocycles. The molecule has 1 aliphatic rings. The van der Waals surface area contributed by atoms with Gasteiger partial charge in [-0.1, -0.05) is 48.5 Å². The summed E-state index contributed by atoms with van der Waals surface area (Å²) in [6, 6.07) is 14.6. The van der Waals surface area contributed by atoms with Gasteiger partial charge in [0.2, 0.25) is 0 Å². The molecule has 106 valence electrons. The summed E-state index contributed by atoms with van der Waals surface area (Å²) in [6.45, 7) is 0. The molecule has 3 heteroatoms. The SMILES string of the molecule is O=C(c1ccccc1)c1cccc2c1CCCC2C(=O)O. The van der Waals surface area contributed by atoms with Gasteiger partial charge >= 0.3 is 5.97 Å². The Kier molecular flexibility index (Phi) is 3.57. The minimum absolute atomic E-state index is 0.0292. The zero-order chi connectivity index (χ0) is 14.8. The van der Waals surface area contributed by atoms with Gasteiger partial charge in [-0.3, -0.25) is 9.59 Å². The molecule has 0 fully saturated rings. The summed E-state index contributed by atoms with van der Waals surface area (Å²) in [5, 5.41) is 9.35. The Labute approximate surface area is 123 Å². The minimum Gasteiger partial charge on any atom is -0.481 e. The van der Waals surface area contributed by atoms with Crippen molar-refractivity contribution < 1.29 is 14.7 Å². The van der Waals surface area contributed by atoms with Crippen molar-refractivity contribution in [1.29, 1.82) is 0 Å². The van der Waals surface area contributed by atoms with E-state index in [2.05, 4.69) is 0 Å². The lowest BCUT2D eigenvalue weighted by Gasteiger charge is -2.24. The minimum atomic E-state index is -0.805. The molecule has 3 nitrogen and oxygen atoms in total. The van der Waals surface area contributed by atoms with Crippen LogP contribution < -0.4 is 0 Å². The smallest absolute Gasteiger partial charge is 0.310 e. The van der Waals surface area contributed by atoms with E-state index >= 15 is 0 Å². The summed E-state index contributed by atoms with van der Waals surface area (Å²) in [7, 11) is 0. The van der Waals surface area contributed by atoms with Crippen molar-refractivity contribution in [2.24, 2.45) is 0 Å². The summed E-state index contributed by atoms with van der Waals surface area (Å²) in [4.78, 5) is 24.0. The van der Waals surface area contributed by atoms with Crippen LogP contribution in [0.1, 0.15) is 45.8 Å². The first kappa shape index (κ1) is 13.6. The van der Waals surface area contributed by atoms with Crippen LogP contribution in [0.4, 0.5) is 0 Å². The molecule has 0 saturated heterocycles. The van der Waals surface area contributed by atoms with Crippen LogP contribution in [-0.4, -0.2) is 16.9 Å². The predicted octanol–water partition coefficient (Wildman–Crippen LogP) is 3.42. The van der Waals surface area contributed by atoms with Crippen molar-refractivity contribution in [2.45, 2.75) is 25.2 Å². The fourth-order valence-electron chi connectivity index (χ4n) is 3.06. The third-order valence-corrected chi connectivity index (χ3v) is 4.09. The molecule has 0 spiro atoms. The van der Waals surface area contributed by atoms with Crippen LogP contribution in [0.25, 0.3) is 0 Å². The van der Waals surface area contributed by atoms with E-state index in [4.69, 9.17) is 0 Å². The first-order chi connectivity index (χ1) is 10.2. The number of benzene rings is 2. The molecular formula is C18H16O3. The molecule has 1 unspecified atom stereocenters. The monoisotopic (exact) mass is 280 g/mol. The van der Waals surface area contributed by atoms with E-state index in [1.165, 1.54) is 0 Å². The van der Waals surface area contributed by atoms with Crippen molar-refractivity contribution in [3.05, 3.63) is 70.8 Å². The molecule has 0 aliphatic heterocycles. The number of ketones is 1. The topological polar surface area (TPSA) is 54.4 Å². The zero-order valence-corrected chi connectivity index (χ0v) is 11.6. The summed E-state index contributed by atoms with van der Waals surface area (Å²) in [5.74, 6) is -1.32. The van der Waals surface area contributed by atoms with Gasteiger partial charge in [0, 0.05) is 11.1 Å².